The second-order valence-corrected chi connectivity index (χ2v) is 14.9. The van der Waals surface area contributed by atoms with Crippen LogP contribution < -0.4 is 0 Å². The molecule has 0 rings (SSSR count). The zero-order chi connectivity index (χ0) is 14.9. The van der Waals surface area contributed by atoms with Crippen molar-refractivity contribution >= 4 is 18.2 Å². The lowest BCUT2D eigenvalue weighted by molar-refractivity contribution is 0.479. The quantitative estimate of drug-likeness (QED) is 0.473. The molecule has 0 radical (unpaired) electrons. The minimum Gasteiger partial charge on any atom is -0.285 e. The molecule has 18 heavy (non-hydrogen) atoms. The number of hydrogen-bond donors (Lipinski definition) is 1. The van der Waals surface area contributed by atoms with Gasteiger partial charge < -0.3 is 0 Å². The lowest BCUT2D eigenvalue weighted by Gasteiger charge is -2.52. The molecule has 0 aromatic carbocycles. The third kappa shape index (κ3) is 2.88. The fraction of sp³-hybridized carbons (Fsp3) is 0.846. The summed E-state index contributed by atoms with van der Waals surface area (Å²) in [5.41, 5.74) is 0.477. The maximum atomic E-state index is 11.8. The summed E-state index contributed by atoms with van der Waals surface area (Å²) in [5, 5.41) is -0.135. The van der Waals surface area contributed by atoms with Crippen molar-refractivity contribution in [3.63, 3.8) is 0 Å². The molecule has 0 amide bonds. The van der Waals surface area contributed by atoms with Gasteiger partial charge in [0.1, 0.15) is 0 Å². The van der Waals surface area contributed by atoms with Gasteiger partial charge in [0, 0.05) is 0 Å². The fourth-order valence-electron chi connectivity index (χ4n) is 4.05. The van der Waals surface area contributed by atoms with Crippen LogP contribution in [0.4, 0.5) is 0 Å². The maximum absolute atomic E-state index is 11.8. The van der Waals surface area contributed by atoms with E-state index in [1.54, 1.807) is 0 Å². The summed E-state index contributed by atoms with van der Waals surface area (Å²) in [7, 11) is -6.47. The van der Waals surface area contributed by atoms with Crippen LogP contribution in [0, 0.1) is 0 Å². The van der Waals surface area contributed by atoms with E-state index in [0.717, 1.165) is 0 Å². The Morgan fingerprint density at radius 1 is 1.11 bits per heavy atom. The van der Waals surface area contributed by atoms with Gasteiger partial charge in [-0.05, 0) is 16.1 Å². The Labute approximate surface area is 113 Å². The molecule has 0 saturated carbocycles. The molecule has 0 aromatic rings. The van der Waals surface area contributed by atoms with Crippen molar-refractivity contribution < 1.29 is 13.0 Å². The summed E-state index contributed by atoms with van der Waals surface area (Å²) in [5.74, 6) is 0. The van der Waals surface area contributed by atoms with E-state index in [2.05, 4.69) is 55.0 Å². The Morgan fingerprint density at radius 3 is 1.50 bits per heavy atom. The van der Waals surface area contributed by atoms with E-state index in [1.165, 1.54) is 6.08 Å². The Hall–Kier alpha value is -0.133. The monoisotopic (exact) mass is 292 g/mol. The predicted octanol–water partition coefficient (Wildman–Crippen LogP) is 4.04. The highest BCUT2D eigenvalue weighted by molar-refractivity contribution is 7.88. The van der Waals surface area contributed by atoms with Gasteiger partial charge in [-0.1, -0.05) is 54.5 Å². The van der Waals surface area contributed by atoms with Crippen molar-refractivity contribution in [1.29, 1.82) is 0 Å². The standard InChI is InChI=1S/C13H28O3SSi/c1-9-12(17(14,15)16)18(10(2)3,11(4)5)13(6,7)8/h9-12H,1H2,2-8H3,(H,14,15,16). The first-order valence-electron chi connectivity index (χ1n) is 6.42. The first-order chi connectivity index (χ1) is 7.83. The van der Waals surface area contributed by atoms with Crippen molar-refractivity contribution in [2.75, 3.05) is 0 Å². The molecule has 0 spiro atoms. The Balaban J connectivity index is 6.29. The maximum Gasteiger partial charge on any atom is 0.268 e. The molecule has 3 nitrogen and oxygen atoms in total. The Morgan fingerprint density at radius 2 is 1.44 bits per heavy atom. The van der Waals surface area contributed by atoms with Crippen molar-refractivity contribution in [1.82, 2.24) is 0 Å². The van der Waals surface area contributed by atoms with Crippen LogP contribution in [0.25, 0.3) is 0 Å². The van der Waals surface area contributed by atoms with Gasteiger partial charge in [0.15, 0.2) is 0 Å². The second kappa shape index (κ2) is 5.47. The molecule has 108 valence electrons. The molecule has 0 aliphatic rings. The first kappa shape index (κ1) is 17.9. The lowest BCUT2D eigenvalue weighted by atomic mass is 10.2. The zero-order valence-electron chi connectivity index (χ0n) is 12.7. The number of rotatable bonds is 5. The van der Waals surface area contributed by atoms with Crippen LogP contribution in [-0.4, -0.2) is 25.9 Å². The predicted molar refractivity (Wildman–Crippen MR) is 81.2 cm³/mol. The van der Waals surface area contributed by atoms with E-state index in [0.29, 0.717) is 0 Å². The van der Waals surface area contributed by atoms with Crippen LogP contribution in [0.3, 0.4) is 0 Å². The van der Waals surface area contributed by atoms with Gasteiger partial charge in [-0.2, -0.15) is 8.42 Å². The molecule has 1 N–H and O–H groups in total. The summed E-state index contributed by atoms with van der Waals surface area (Å²) >= 11 is 0. The second-order valence-electron chi connectivity index (χ2n) is 6.66. The molecule has 0 bridgehead atoms. The summed E-state index contributed by atoms with van der Waals surface area (Å²) in [6.07, 6.45) is 1.44. The smallest absolute Gasteiger partial charge is 0.268 e. The van der Waals surface area contributed by atoms with E-state index in [-0.39, 0.29) is 16.1 Å². The minimum absolute atomic E-state index is 0.135. The minimum atomic E-state index is -4.10. The first-order valence-corrected chi connectivity index (χ1v) is 10.2. The summed E-state index contributed by atoms with van der Waals surface area (Å²) in [6.45, 7) is 18.2. The molecule has 1 atom stereocenters. The highest BCUT2D eigenvalue weighted by Gasteiger charge is 2.57. The third-order valence-electron chi connectivity index (χ3n) is 4.22. The van der Waals surface area contributed by atoms with Crippen LogP contribution in [0.15, 0.2) is 12.7 Å². The van der Waals surface area contributed by atoms with Crippen LogP contribution >= 0.6 is 0 Å². The molecule has 0 aliphatic carbocycles. The van der Waals surface area contributed by atoms with Crippen LogP contribution in [0.2, 0.25) is 16.1 Å². The van der Waals surface area contributed by atoms with Crippen molar-refractivity contribution in [2.45, 2.75) is 69.5 Å². The summed E-state index contributed by atoms with van der Waals surface area (Å²) in [4.78, 5) is -0.815. The summed E-state index contributed by atoms with van der Waals surface area (Å²) < 4.78 is 33.2. The molecule has 0 aromatic heterocycles. The van der Waals surface area contributed by atoms with Crippen LogP contribution in [-0.2, 0) is 10.1 Å². The summed E-state index contributed by atoms with van der Waals surface area (Å²) in [6, 6.07) is 0. The zero-order valence-corrected chi connectivity index (χ0v) is 14.5. The van der Waals surface area contributed by atoms with Gasteiger partial charge in [0.25, 0.3) is 10.1 Å². The van der Waals surface area contributed by atoms with Gasteiger partial charge >= 0.3 is 0 Å². The molecule has 0 heterocycles. The Kier molecular flexibility index (Phi) is 5.43. The molecule has 0 saturated heterocycles. The highest BCUT2D eigenvalue weighted by Crippen LogP contribution is 2.53. The number of hydrogen-bond acceptors (Lipinski definition) is 2. The van der Waals surface area contributed by atoms with E-state index < -0.39 is 23.1 Å². The normalized spacial score (nSPS) is 16.1. The third-order valence-corrected chi connectivity index (χ3v) is 14.7. The van der Waals surface area contributed by atoms with E-state index >= 15 is 0 Å². The average Bonchev–Trinajstić information content (AvgIpc) is 2.07. The topological polar surface area (TPSA) is 54.4 Å². The van der Waals surface area contributed by atoms with Crippen molar-refractivity contribution in [3.05, 3.63) is 12.7 Å². The fourth-order valence-corrected chi connectivity index (χ4v) is 16.3. The molecular weight excluding hydrogens is 264 g/mol. The molecule has 0 fully saturated rings. The van der Waals surface area contributed by atoms with Crippen LogP contribution in [0.1, 0.15) is 48.5 Å². The van der Waals surface area contributed by atoms with Crippen molar-refractivity contribution in [3.8, 4) is 0 Å². The van der Waals surface area contributed by atoms with Gasteiger partial charge in [-0.15, -0.1) is 6.58 Å². The van der Waals surface area contributed by atoms with E-state index in [4.69, 9.17) is 0 Å². The average molecular weight is 293 g/mol. The lowest BCUT2D eigenvalue weighted by Crippen LogP contribution is -2.61. The van der Waals surface area contributed by atoms with Gasteiger partial charge in [0.05, 0.1) is 12.9 Å². The molecule has 0 aliphatic heterocycles. The molecular formula is C13H28O3SSi. The van der Waals surface area contributed by atoms with Gasteiger partial charge in [-0.3, -0.25) is 4.55 Å². The Bertz CT molecular complexity index is 383. The van der Waals surface area contributed by atoms with Gasteiger partial charge in [-0.25, -0.2) is 0 Å². The van der Waals surface area contributed by atoms with E-state index in [1.807, 2.05) is 0 Å². The van der Waals surface area contributed by atoms with Gasteiger partial charge in [0.2, 0.25) is 0 Å². The largest absolute Gasteiger partial charge is 0.285 e. The molecule has 5 heteroatoms. The van der Waals surface area contributed by atoms with Crippen LogP contribution in [0.5, 0.6) is 0 Å². The SMILES string of the molecule is C=CC([Si](C(C)C)(C(C)C)C(C)(C)C)S(=O)(=O)O. The molecule has 1 unspecified atom stereocenters. The van der Waals surface area contributed by atoms with Crippen molar-refractivity contribution in [2.24, 2.45) is 0 Å². The van der Waals surface area contributed by atoms with E-state index in [9.17, 15) is 13.0 Å². The highest BCUT2D eigenvalue weighted by atomic mass is 32.2.